The number of benzene rings is 1. The molecule has 2 heterocycles. The Morgan fingerprint density at radius 2 is 2.12 bits per heavy atom. The van der Waals surface area contributed by atoms with Crippen molar-refractivity contribution in [1.29, 1.82) is 0 Å². The maximum atomic E-state index is 5.67. The fraction of sp³-hybridized carbons (Fsp3) is 0.0833. The number of thiazole rings is 1. The van der Waals surface area contributed by atoms with Gasteiger partial charge in [0.15, 0.2) is 5.13 Å². The standard InChI is InChI=1S/C12H11N3S/c1-15-6-9(10-7-16-12(13)14-10)8-4-2-3-5-11(8)15/h2-7H,1H3,(H2,13,14). The van der Waals surface area contributed by atoms with Crippen LogP contribution < -0.4 is 5.73 Å². The fourth-order valence-electron chi connectivity index (χ4n) is 1.96. The molecule has 2 N–H and O–H groups in total. The second kappa shape index (κ2) is 3.35. The van der Waals surface area contributed by atoms with E-state index in [1.807, 2.05) is 24.6 Å². The topological polar surface area (TPSA) is 43.8 Å². The van der Waals surface area contributed by atoms with Gasteiger partial charge in [0.05, 0.1) is 5.69 Å². The first-order valence-electron chi connectivity index (χ1n) is 5.01. The van der Waals surface area contributed by atoms with Gasteiger partial charge in [-0.25, -0.2) is 4.98 Å². The smallest absolute Gasteiger partial charge is 0.180 e. The number of anilines is 1. The van der Waals surface area contributed by atoms with Gasteiger partial charge in [0.2, 0.25) is 0 Å². The van der Waals surface area contributed by atoms with Crippen LogP contribution in [-0.4, -0.2) is 9.55 Å². The molecule has 0 unspecified atom stereocenters. The maximum Gasteiger partial charge on any atom is 0.180 e. The van der Waals surface area contributed by atoms with Gasteiger partial charge in [-0.3, -0.25) is 0 Å². The fourth-order valence-corrected chi connectivity index (χ4v) is 2.52. The monoisotopic (exact) mass is 229 g/mol. The first kappa shape index (κ1) is 9.42. The van der Waals surface area contributed by atoms with E-state index in [0.717, 1.165) is 11.3 Å². The molecule has 80 valence electrons. The number of aryl methyl sites for hydroxylation is 1. The van der Waals surface area contributed by atoms with Gasteiger partial charge in [-0.05, 0) is 6.07 Å². The molecule has 4 heteroatoms. The summed E-state index contributed by atoms with van der Waals surface area (Å²) in [4.78, 5) is 4.33. The zero-order chi connectivity index (χ0) is 11.1. The minimum Gasteiger partial charge on any atom is -0.375 e. The number of nitrogen functional groups attached to an aromatic ring is 1. The lowest BCUT2D eigenvalue weighted by Crippen LogP contribution is -1.82. The van der Waals surface area contributed by atoms with Crippen molar-refractivity contribution >= 4 is 27.4 Å². The Labute approximate surface area is 97.2 Å². The van der Waals surface area contributed by atoms with Crippen LogP contribution in [0, 0.1) is 0 Å². The molecule has 1 aromatic carbocycles. The van der Waals surface area contributed by atoms with Gasteiger partial charge in [-0.2, -0.15) is 0 Å². The van der Waals surface area contributed by atoms with Crippen molar-refractivity contribution in [2.45, 2.75) is 0 Å². The maximum absolute atomic E-state index is 5.67. The summed E-state index contributed by atoms with van der Waals surface area (Å²) in [5.74, 6) is 0. The van der Waals surface area contributed by atoms with E-state index in [1.54, 1.807) is 0 Å². The second-order valence-electron chi connectivity index (χ2n) is 3.74. The van der Waals surface area contributed by atoms with Crippen LogP contribution in [0.3, 0.4) is 0 Å². The molecule has 3 aromatic rings. The van der Waals surface area contributed by atoms with E-state index in [-0.39, 0.29) is 0 Å². The van der Waals surface area contributed by atoms with Crippen molar-refractivity contribution in [3.63, 3.8) is 0 Å². The lowest BCUT2D eigenvalue weighted by atomic mass is 10.1. The van der Waals surface area contributed by atoms with E-state index in [2.05, 4.69) is 27.9 Å². The minimum atomic E-state index is 0.614. The normalized spacial score (nSPS) is 11.1. The molecule has 0 bridgehead atoms. The predicted octanol–water partition coefficient (Wildman–Crippen LogP) is 2.88. The van der Waals surface area contributed by atoms with Gasteiger partial charge in [-0.15, -0.1) is 11.3 Å². The Hall–Kier alpha value is -1.81. The van der Waals surface area contributed by atoms with Crippen LogP contribution in [0.5, 0.6) is 0 Å². The van der Waals surface area contributed by atoms with Crippen molar-refractivity contribution < 1.29 is 0 Å². The Balaban J connectivity index is 2.32. The molecule has 2 aromatic heterocycles. The van der Waals surface area contributed by atoms with E-state index in [9.17, 15) is 0 Å². The van der Waals surface area contributed by atoms with Crippen LogP contribution in [0.15, 0.2) is 35.8 Å². The first-order chi connectivity index (χ1) is 7.75. The summed E-state index contributed by atoms with van der Waals surface area (Å²) in [7, 11) is 2.04. The zero-order valence-corrected chi connectivity index (χ0v) is 9.66. The van der Waals surface area contributed by atoms with Gasteiger partial charge in [0.25, 0.3) is 0 Å². The van der Waals surface area contributed by atoms with Crippen LogP contribution >= 0.6 is 11.3 Å². The Morgan fingerprint density at radius 1 is 1.31 bits per heavy atom. The molecule has 0 aliphatic rings. The van der Waals surface area contributed by atoms with Crippen LogP contribution in [0.4, 0.5) is 5.13 Å². The lowest BCUT2D eigenvalue weighted by Gasteiger charge is -1.93. The number of para-hydroxylation sites is 1. The van der Waals surface area contributed by atoms with E-state index in [0.29, 0.717) is 5.13 Å². The van der Waals surface area contributed by atoms with E-state index < -0.39 is 0 Å². The highest BCUT2D eigenvalue weighted by atomic mass is 32.1. The molecule has 0 aliphatic heterocycles. The van der Waals surface area contributed by atoms with Crippen LogP contribution in [0.1, 0.15) is 0 Å². The highest BCUT2D eigenvalue weighted by Crippen LogP contribution is 2.31. The number of fused-ring (bicyclic) bond motifs is 1. The van der Waals surface area contributed by atoms with Crippen molar-refractivity contribution in [3.05, 3.63) is 35.8 Å². The highest BCUT2D eigenvalue weighted by molar-refractivity contribution is 7.13. The number of nitrogens with two attached hydrogens (primary N) is 1. The van der Waals surface area contributed by atoms with Crippen molar-refractivity contribution in [2.75, 3.05) is 5.73 Å². The summed E-state index contributed by atoms with van der Waals surface area (Å²) in [6, 6.07) is 8.30. The molecule has 0 spiro atoms. The molecule has 3 nitrogen and oxygen atoms in total. The van der Waals surface area contributed by atoms with Crippen molar-refractivity contribution in [2.24, 2.45) is 7.05 Å². The third-order valence-corrected chi connectivity index (χ3v) is 3.37. The molecule has 0 fully saturated rings. The minimum absolute atomic E-state index is 0.614. The summed E-state index contributed by atoms with van der Waals surface area (Å²) in [5, 5.41) is 3.83. The average Bonchev–Trinajstić information content (AvgIpc) is 2.84. The molecule has 0 atom stereocenters. The SMILES string of the molecule is Cn1cc(-c2csc(N)n2)c2ccccc21. The molecule has 0 saturated heterocycles. The van der Waals surface area contributed by atoms with Crippen LogP contribution in [-0.2, 0) is 7.05 Å². The molecular weight excluding hydrogens is 218 g/mol. The summed E-state index contributed by atoms with van der Waals surface area (Å²) in [5.41, 5.74) is 8.98. The largest absolute Gasteiger partial charge is 0.375 e. The van der Waals surface area contributed by atoms with Gasteiger partial charge in [0.1, 0.15) is 0 Å². The highest BCUT2D eigenvalue weighted by Gasteiger charge is 2.10. The average molecular weight is 229 g/mol. The number of nitrogens with zero attached hydrogens (tertiary/aromatic N) is 2. The number of hydrogen-bond donors (Lipinski definition) is 1. The number of hydrogen-bond acceptors (Lipinski definition) is 3. The van der Waals surface area contributed by atoms with E-state index in [1.165, 1.54) is 22.2 Å². The number of rotatable bonds is 1. The van der Waals surface area contributed by atoms with Gasteiger partial charge >= 0.3 is 0 Å². The van der Waals surface area contributed by atoms with Gasteiger partial charge in [-0.1, -0.05) is 18.2 Å². The second-order valence-corrected chi connectivity index (χ2v) is 4.63. The van der Waals surface area contributed by atoms with E-state index in [4.69, 9.17) is 5.73 Å². The predicted molar refractivity (Wildman–Crippen MR) is 68.4 cm³/mol. The molecular formula is C12H11N3S. The molecule has 0 amide bonds. The lowest BCUT2D eigenvalue weighted by molar-refractivity contribution is 0.970. The molecule has 3 rings (SSSR count). The molecule has 0 saturated carbocycles. The summed E-state index contributed by atoms with van der Waals surface area (Å²) < 4.78 is 2.11. The summed E-state index contributed by atoms with van der Waals surface area (Å²) in [6.07, 6.45) is 2.10. The molecule has 0 radical (unpaired) electrons. The summed E-state index contributed by atoms with van der Waals surface area (Å²) >= 11 is 1.47. The van der Waals surface area contributed by atoms with Crippen LogP contribution in [0.25, 0.3) is 22.2 Å². The Kier molecular flexibility index (Phi) is 1.97. The quantitative estimate of drug-likeness (QED) is 0.697. The van der Waals surface area contributed by atoms with Gasteiger partial charge in [0, 0.05) is 35.1 Å². The molecule has 0 aliphatic carbocycles. The third-order valence-electron chi connectivity index (χ3n) is 2.69. The molecule has 16 heavy (non-hydrogen) atoms. The van der Waals surface area contributed by atoms with E-state index >= 15 is 0 Å². The third kappa shape index (κ3) is 1.31. The van der Waals surface area contributed by atoms with Gasteiger partial charge < -0.3 is 10.3 Å². The van der Waals surface area contributed by atoms with Crippen molar-refractivity contribution in [3.8, 4) is 11.3 Å². The van der Waals surface area contributed by atoms with Crippen molar-refractivity contribution in [1.82, 2.24) is 9.55 Å². The summed E-state index contributed by atoms with van der Waals surface area (Å²) in [6.45, 7) is 0. The van der Waals surface area contributed by atoms with Crippen LogP contribution in [0.2, 0.25) is 0 Å². The zero-order valence-electron chi connectivity index (χ0n) is 8.84. The first-order valence-corrected chi connectivity index (χ1v) is 5.89. The number of aromatic nitrogens is 2. The Bertz CT molecular complexity index is 651. The Morgan fingerprint density at radius 3 is 2.88 bits per heavy atom.